The van der Waals surface area contributed by atoms with Gasteiger partial charge in [-0.05, 0) is 0 Å². The van der Waals surface area contributed by atoms with E-state index in [0.29, 0.717) is 18.7 Å². The highest BCUT2D eigenvalue weighted by molar-refractivity contribution is 5.94. The van der Waals surface area contributed by atoms with Crippen LogP contribution in [0.4, 0.5) is 0 Å². The number of amidine groups is 2. The lowest BCUT2D eigenvalue weighted by molar-refractivity contribution is 0.352. The van der Waals surface area contributed by atoms with Crippen LogP contribution in [0.2, 0.25) is 0 Å². The van der Waals surface area contributed by atoms with Crippen LogP contribution >= 0.6 is 0 Å². The van der Waals surface area contributed by atoms with Gasteiger partial charge in [-0.2, -0.15) is 0 Å². The van der Waals surface area contributed by atoms with Gasteiger partial charge in [0.25, 0.3) is 12.0 Å². The van der Waals surface area contributed by atoms with Gasteiger partial charge in [0.15, 0.2) is 0 Å². The Bertz CT molecular complexity index is 158. The fourth-order valence-electron chi connectivity index (χ4n) is 0.565. The maximum absolute atomic E-state index is 4.80. The van der Waals surface area contributed by atoms with Crippen LogP contribution in [-0.4, -0.2) is 32.9 Å². The number of aliphatic imine (C=N–C) groups is 2. The van der Waals surface area contributed by atoms with E-state index >= 15 is 0 Å². The van der Waals surface area contributed by atoms with Crippen molar-refractivity contribution < 1.29 is 9.47 Å². The average Bonchev–Trinajstić information content (AvgIpc) is 2.05. The van der Waals surface area contributed by atoms with Crippen LogP contribution in [-0.2, 0) is 9.47 Å². The van der Waals surface area contributed by atoms with Gasteiger partial charge in [-0.3, -0.25) is 5.32 Å². The highest BCUT2D eigenvalue weighted by atomic mass is 16.5. The van der Waals surface area contributed by atoms with E-state index in [9.17, 15) is 0 Å². The number of nitrogens with one attached hydrogen (secondary N) is 1. The quantitative estimate of drug-likeness (QED) is 0.499. The van der Waals surface area contributed by atoms with E-state index in [1.165, 1.54) is 14.2 Å². The summed E-state index contributed by atoms with van der Waals surface area (Å²) in [6, 6.07) is 0.874. The van der Waals surface area contributed by atoms with Crippen LogP contribution in [0.5, 0.6) is 0 Å². The summed E-state index contributed by atoms with van der Waals surface area (Å²) in [4.78, 5) is 7.72. The summed E-state index contributed by atoms with van der Waals surface area (Å²) in [5, 5.41) is 2.71. The fraction of sp³-hybridized carbons (Fsp3) is 0.600. The summed E-state index contributed by atoms with van der Waals surface area (Å²) in [6.07, 6.45) is 0. The molecule has 0 aromatic carbocycles. The Balaban J connectivity index is 2.49. The number of methoxy groups -OCH3 is 2. The van der Waals surface area contributed by atoms with Crippen LogP contribution in [0.15, 0.2) is 9.98 Å². The molecule has 56 valence electrons. The monoisotopic (exact) mass is 143 g/mol. The van der Waals surface area contributed by atoms with Gasteiger partial charge in [-0.25, -0.2) is 9.98 Å². The van der Waals surface area contributed by atoms with Crippen LogP contribution < -0.4 is 5.32 Å². The maximum Gasteiger partial charge on any atom is 0.294 e. The third kappa shape index (κ3) is 1.37. The van der Waals surface area contributed by atoms with E-state index in [1.807, 2.05) is 0 Å². The van der Waals surface area contributed by atoms with E-state index in [4.69, 9.17) is 9.47 Å². The van der Waals surface area contributed by atoms with Crippen LogP contribution in [0.1, 0.15) is 0 Å². The van der Waals surface area contributed by atoms with Crippen LogP contribution in [0, 0.1) is 0 Å². The van der Waals surface area contributed by atoms with Crippen molar-refractivity contribution in [3.63, 3.8) is 0 Å². The van der Waals surface area contributed by atoms with Gasteiger partial charge in [0.05, 0.1) is 14.2 Å². The summed E-state index contributed by atoms with van der Waals surface area (Å²) in [5.41, 5.74) is 0. The van der Waals surface area contributed by atoms with Gasteiger partial charge >= 0.3 is 0 Å². The summed E-state index contributed by atoms with van der Waals surface area (Å²) in [6.45, 7) is 0.360. The van der Waals surface area contributed by atoms with Crippen molar-refractivity contribution in [3.8, 4) is 0 Å². The predicted octanol–water partition coefficient (Wildman–Crippen LogP) is -0.448. The molecule has 1 N–H and O–H groups in total. The fourth-order valence-corrected chi connectivity index (χ4v) is 0.565. The Morgan fingerprint density at radius 3 is 2.10 bits per heavy atom. The first-order valence-electron chi connectivity index (χ1n) is 2.80. The van der Waals surface area contributed by atoms with Gasteiger partial charge in [0, 0.05) is 0 Å². The molecule has 1 rings (SSSR count). The van der Waals surface area contributed by atoms with Gasteiger partial charge in [0.1, 0.15) is 6.67 Å². The Kier molecular flexibility index (Phi) is 2.09. The Morgan fingerprint density at radius 1 is 1.20 bits per heavy atom. The molecule has 0 saturated carbocycles. The zero-order chi connectivity index (χ0) is 7.40. The van der Waals surface area contributed by atoms with Gasteiger partial charge in [-0.15, -0.1) is 0 Å². The lowest BCUT2D eigenvalue weighted by atomic mass is 10.8. The van der Waals surface area contributed by atoms with Crippen molar-refractivity contribution in [1.82, 2.24) is 5.32 Å². The summed E-state index contributed by atoms with van der Waals surface area (Å²) < 4.78 is 9.60. The zero-order valence-corrected chi connectivity index (χ0v) is 5.92. The van der Waals surface area contributed by atoms with E-state index in [2.05, 4.69) is 15.3 Å². The first-order valence-corrected chi connectivity index (χ1v) is 2.80. The second-order valence-electron chi connectivity index (χ2n) is 1.60. The Morgan fingerprint density at radius 2 is 1.70 bits per heavy atom. The van der Waals surface area contributed by atoms with Crippen LogP contribution in [0.25, 0.3) is 0 Å². The number of rotatable bonds is 0. The molecule has 1 aliphatic heterocycles. The van der Waals surface area contributed by atoms with Crippen LogP contribution in [0.3, 0.4) is 0 Å². The normalized spacial score (nSPS) is 16.6. The third-order valence-corrected chi connectivity index (χ3v) is 1.03. The predicted molar refractivity (Wildman–Crippen MR) is 36.9 cm³/mol. The molecule has 0 atom stereocenters. The van der Waals surface area contributed by atoms with E-state index < -0.39 is 0 Å². The molecule has 1 aliphatic rings. The summed E-state index contributed by atoms with van der Waals surface area (Å²) in [5.74, 6) is 0. The second kappa shape index (κ2) is 3.05. The molecule has 5 heteroatoms. The molecule has 0 spiro atoms. The van der Waals surface area contributed by atoms with Crippen molar-refractivity contribution in [3.05, 3.63) is 0 Å². The molecule has 1 heterocycles. The van der Waals surface area contributed by atoms with Crippen molar-refractivity contribution in [1.29, 1.82) is 0 Å². The largest absolute Gasteiger partial charge is 0.468 e. The molecule has 0 bridgehead atoms. The van der Waals surface area contributed by atoms with Crippen molar-refractivity contribution >= 4 is 12.0 Å². The molecule has 0 aromatic rings. The first-order chi connectivity index (χ1) is 4.86. The van der Waals surface area contributed by atoms with Gasteiger partial charge in [0.2, 0.25) is 0 Å². The van der Waals surface area contributed by atoms with E-state index in [0.717, 1.165) is 0 Å². The molecule has 0 aliphatic carbocycles. The number of nitrogens with zero attached hydrogens (tertiary/aromatic N) is 2. The minimum atomic E-state index is 0.360. The molecule has 0 unspecified atom stereocenters. The standard InChI is InChI=1S/C5H9N3O2/c1-9-4-6-3-7-5(8-4)10-2/h3H2,1-2H3,(H,6,7,8). The molecule has 5 nitrogen and oxygen atoms in total. The highest BCUT2D eigenvalue weighted by Gasteiger charge is 2.06. The zero-order valence-electron chi connectivity index (χ0n) is 5.92. The van der Waals surface area contributed by atoms with E-state index in [1.54, 1.807) is 0 Å². The van der Waals surface area contributed by atoms with Gasteiger partial charge < -0.3 is 9.47 Å². The number of hydrogen-bond acceptors (Lipinski definition) is 5. The Labute approximate surface area is 58.8 Å². The third-order valence-electron chi connectivity index (χ3n) is 1.03. The molecule has 10 heavy (non-hydrogen) atoms. The van der Waals surface area contributed by atoms with Gasteiger partial charge in [-0.1, -0.05) is 0 Å². The molecule has 0 saturated heterocycles. The minimum Gasteiger partial charge on any atom is -0.468 e. The summed E-state index contributed by atoms with van der Waals surface area (Å²) in [7, 11) is 3.06. The highest BCUT2D eigenvalue weighted by Crippen LogP contribution is 1.88. The van der Waals surface area contributed by atoms with Crippen molar-refractivity contribution in [2.24, 2.45) is 9.98 Å². The molecule has 0 radical (unpaired) electrons. The maximum atomic E-state index is 4.80. The Hall–Kier alpha value is -1.26. The second-order valence-corrected chi connectivity index (χ2v) is 1.60. The average molecular weight is 143 g/mol. The number of ether oxygens (including phenoxy) is 2. The molecular formula is C5H9N3O2. The minimum absolute atomic E-state index is 0.360. The molecular weight excluding hydrogens is 134 g/mol. The molecule has 0 fully saturated rings. The van der Waals surface area contributed by atoms with Crippen molar-refractivity contribution in [2.75, 3.05) is 20.9 Å². The molecule has 0 aromatic heterocycles. The number of hydrogen-bond donors (Lipinski definition) is 1. The van der Waals surface area contributed by atoms with Crippen molar-refractivity contribution in [2.45, 2.75) is 0 Å². The topological polar surface area (TPSA) is 55.2 Å². The van der Waals surface area contributed by atoms with E-state index in [-0.39, 0.29) is 0 Å². The first kappa shape index (κ1) is 6.85. The summed E-state index contributed by atoms with van der Waals surface area (Å²) >= 11 is 0. The lowest BCUT2D eigenvalue weighted by Gasteiger charge is -2.11. The lowest BCUT2D eigenvalue weighted by Crippen LogP contribution is -2.35. The molecule has 0 amide bonds. The SMILES string of the molecule is COC1=NCN=C(OC)N1. The smallest absolute Gasteiger partial charge is 0.294 e.